The number of nitriles is 1. The number of rotatable bonds is 10. The zero-order chi connectivity index (χ0) is 35.5. The standard InChI is InChI=1S/C33H28ClF4N5O5S/c1-49(46,47)10-9-25-18-43(30-13-24(34)7-8-28(30)22-3-2-4-27(12-22)48-32(45)33(36,37)38)31(44)19-41(25)17-26-15-40-20-42(26)16-21-5-6-23(14-39)29(35)11-21/h2-8,11-13,15,20,25H,9-10,16-19H2,1H3/t25-/m0/s1. The molecule has 1 fully saturated rings. The van der Waals surface area contributed by atoms with Crippen LogP contribution >= 0.6 is 11.6 Å². The summed E-state index contributed by atoms with van der Waals surface area (Å²) in [5, 5.41) is 9.31. The third kappa shape index (κ3) is 8.83. The first-order valence-electron chi connectivity index (χ1n) is 14.7. The summed E-state index contributed by atoms with van der Waals surface area (Å²) in [5.41, 5.74) is 2.24. The Hall–Kier alpha value is -4.78. The molecule has 1 aromatic heterocycles. The van der Waals surface area contributed by atoms with E-state index in [-0.39, 0.29) is 60.6 Å². The Labute approximate surface area is 284 Å². The Morgan fingerprint density at radius 2 is 1.90 bits per heavy atom. The van der Waals surface area contributed by atoms with E-state index in [1.54, 1.807) is 41.4 Å². The van der Waals surface area contributed by atoms with E-state index in [4.69, 9.17) is 16.9 Å². The van der Waals surface area contributed by atoms with Crippen LogP contribution < -0.4 is 9.64 Å². The number of piperazine rings is 1. The Morgan fingerprint density at radius 3 is 2.59 bits per heavy atom. The first kappa shape index (κ1) is 35.5. The topological polar surface area (TPSA) is 126 Å². The van der Waals surface area contributed by atoms with Crippen molar-refractivity contribution >= 4 is 39.0 Å². The van der Waals surface area contributed by atoms with Gasteiger partial charge in [0, 0.05) is 48.7 Å². The molecule has 0 aliphatic carbocycles. The molecule has 0 radical (unpaired) electrons. The van der Waals surface area contributed by atoms with E-state index in [1.165, 1.54) is 47.4 Å². The summed E-state index contributed by atoms with van der Waals surface area (Å²) in [6, 6.07) is 15.6. The second-order valence-electron chi connectivity index (χ2n) is 11.5. The smallest absolute Gasteiger partial charge is 0.420 e. The lowest BCUT2D eigenvalue weighted by Gasteiger charge is -2.41. The van der Waals surface area contributed by atoms with E-state index in [0.717, 1.165) is 6.26 Å². The van der Waals surface area contributed by atoms with Crippen molar-refractivity contribution in [3.8, 4) is 22.9 Å². The maximum absolute atomic E-state index is 14.3. The van der Waals surface area contributed by atoms with Gasteiger partial charge < -0.3 is 14.2 Å². The third-order valence-corrected chi connectivity index (χ3v) is 9.09. The summed E-state index contributed by atoms with van der Waals surface area (Å²) in [4.78, 5) is 32.8. The molecule has 256 valence electrons. The SMILES string of the molecule is CS(=O)(=O)CC[C@H]1CN(c2cc(Cl)ccc2-c2cccc(OC(=O)C(F)(F)F)c2)C(=O)CN1Cc1cncn1Cc1ccc(C#N)c(F)c1. The summed E-state index contributed by atoms with van der Waals surface area (Å²) >= 11 is 6.34. The molecule has 3 aromatic carbocycles. The van der Waals surface area contributed by atoms with Crippen molar-refractivity contribution in [2.75, 3.05) is 30.0 Å². The molecule has 49 heavy (non-hydrogen) atoms. The van der Waals surface area contributed by atoms with Gasteiger partial charge in [-0.25, -0.2) is 22.6 Å². The molecule has 0 N–H and O–H groups in total. The number of halogens is 5. The van der Waals surface area contributed by atoms with Gasteiger partial charge in [-0.05, 0) is 53.9 Å². The zero-order valence-corrected chi connectivity index (χ0v) is 27.4. The number of amides is 1. The van der Waals surface area contributed by atoms with E-state index >= 15 is 0 Å². The van der Waals surface area contributed by atoms with Gasteiger partial charge in [0.2, 0.25) is 5.91 Å². The number of imidazole rings is 1. The van der Waals surface area contributed by atoms with Crippen LogP contribution in [0.5, 0.6) is 5.75 Å². The average molecular weight is 718 g/mol. The number of aromatic nitrogens is 2. The van der Waals surface area contributed by atoms with E-state index in [2.05, 4.69) is 9.72 Å². The predicted molar refractivity (Wildman–Crippen MR) is 172 cm³/mol. The normalized spacial score (nSPS) is 15.7. The van der Waals surface area contributed by atoms with Crippen LogP contribution in [0.3, 0.4) is 0 Å². The van der Waals surface area contributed by atoms with Crippen molar-refractivity contribution in [2.45, 2.75) is 31.7 Å². The van der Waals surface area contributed by atoms with Crippen molar-refractivity contribution in [2.24, 2.45) is 0 Å². The minimum absolute atomic E-state index is 0.0411. The number of carbonyl (C=O) groups is 2. The first-order chi connectivity index (χ1) is 23.1. The van der Waals surface area contributed by atoms with E-state index in [1.807, 2.05) is 4.90 Å². The van der Waals surface area contributed by atoms with Gasteiger partial charge in [0.15, 0.2) is 0 Å². The number of hydrogen-bond donors (Lipinski definition) is 0. The van der Waals surface area contributed by atoms with Crippen LogP contribution in [-0.2, 0) is 32.5 Å². The van der Waals surface area contributed by atoms with Gasteiger partial charge in [0.05, 0.1) is 35.6 Å². The summed E-state index contributed by atoms with van der Waals surface area (Å²) in [6.45, 7) is 0.324. The number of sulfone groups is 1. The summed E-state index contributed by atoms with van der Waals surface area (Å²) in [7, 11) is -3.40. The maximum atomic E-state index is 14.3. The molecule has 2 heterocycles. The highest BCUT2D eigenvalue weighted by molar-refractivity contribution is 7.90. The second-order valence-corrected chi connectivity index (χ2v) is 14.2. The van der Waals surface area contributed by atoms with E-state index in [0.29, 0.717) is 28.1 Å². The Kier molecular flexibility index (Phi) is 10.4. The number of benzene rings is 3. The Morgan fingerprint density at radius 1 is 1.12 bits per heavy atom. The van der Waals surface area contributed by atoms with Crippen molar-refractivity contribution in [3.05, 3.63) is 101 Å². The number of anilines is 1. The molecule has 0 unspecified atom stereocenters. The highest BCUT2D eigenvalue weighted by atomic mass is 35.5. The van der Waals surface area contributed by atoms with Gasteiger partial charge in [-0.15, -0.1) is 0 Å². The van der Waals surface area contributed by atoms with Crippen LogP contribution in [0.25, 0.3) is 11.1 Å². The van der Waals surface area contributed by atoms with Crippen LogP contribution in [-0.4, -0.2) is 72.1 Å². The van der Waals surface area contributed by atoms with Crippen molar-refractivity contribution < 1.29 is 40.3 Å². The number of ether oxygens (including phenoxy) is 1. The fourth-order valence-corrected chi connectivity index (χ4v) is 6.36. The number of hydrogen-bond acceptors (Lipinski definition) is 8. The lowest BCUT2D eigenvalue weighted by Crippen LogP contribution is -2.56. The maximum Gasteiger partial charge on any atom is 0.491 e. The molecule has 10 nitrogen and oxygen atoms in total. The van der Waals surface area contributed by atoms with Crippen molar-refractivity contribution in [3.63, 3.8) is 0 Å². The van der Waals surface area contributed by atoms with Gasteiger partial charge >= 0.3 is 12.1 Å². The van der Waals surface area contributed by atoms with Gasteiger partial charge in [-0.2, -0.15) is 18.4 Å². The molecule has 1 amide bonds. The minimum atomic E-state index is -5.20. The van der Waals surface area contributed by atoms with Crippen LogP contribution in [0.2, 0.25) is 5.02 Å². The summed E-state index contributed by atoms with van der Waals surface area (Å²) in [6.07, 6.45) is -0.780. The third-order valence-electron chi connectivity index (χ3n) is 7.88. The van der Waals surface area contributed by atoms with E-state index in [9.17, 15) is 35.6 Å². The lowest BCUT2D eigenvalue weighted by atomic mass is 10.0. The first-order valence-corrected chi connectivity index (χ1v) is 17.1. The molecule has 0 spiro atoms. The Bertz CT molecular complexity index is 2050. The largest absolute Gasteiger partial charge is 0.491 e. The molecule has 1 saturated heterocycles. The number of esters is 1. The molecule has 4 aromatic rings. The molecule has 5 rings (SSSR count). The van der Waals surface area contributed by atoms with Crippen molar-refractivity contribution in [1.82, 2.24) is 14.5 Å². The van der Waals surface area contributed by atoms with Crippen molar-refractivity contribution in [1.29, 1.82) is 5.26 Å². The highest BCUT2D eigenvalue weighted by Crippen LogP contribution is 2.37. The summed E-state index contributed by atoms with van der Waals surface area (Å²) in [5.74, 6) is -3.93. The molecule has 1 atom stereocenters. The molecular weight excluding hydrogens is 690 g/mol. The lowest BCUT2D eigenvalue weighted by molar-refractivity contribution is -0.189. The fraction of sp³-hybridized carbons (Fsp3) is 0.273. The predicted octanol–water partition coefficient (Wildman–Crippen LogP) is 5.38. The molecule has 16 heteroatoms. The molecule has 0 saturated carbocycles. The Balaban J connectivity index is 1.43. The monoisotopic (exact) mass is 717 g/mol. The second kappa shape index (κ2) is 14.4. The van der Waals surface area contributed by atoms with Gasteiger partial charge in [0.1, 0.15) is 27.5 Å². The average Bonchev–Trinajstić information content (AvgIpc) is 3.46. The number of carbonyl (C=O) groups excluding carboxylic acids is 2. The molecule has 1 aliphatic rings. The molecule has 1 aliphatic heterocycles. The van der Waals surface area contributed by atoms with E-state index < -0.39 is 33.8 Å². The molecule has 0 bridgehead atoms. The van der Waals surface area contributed by atoms with Gasteiger partial charge in [-0.1, -0.05) is 35.9 Å². The van der Waals surface area contributed by atoms with Crippen LogP contribution in [0, 0.1) is 17.1 Å². The van der Waals surface area contributed by atoms with Gasteiger partial charge in [-0.3, -0.25) is 9.69 Å². The number of nitrogens with zero attached hydrogens (tertiary/aromatic N) is 5. The highest BCUT2D eigenvalue weighted by Gasteiger charge is 2.41. The fourth-order valence-electron chi connectivity index (χ4n) is 5.50. The zero-order valence-electron chi connectivity index (χ0n) is 25.8. The van der Waals surface area contributed by atoms with Crippen LogP contribution in [0.1, 0.15) is 23.2 Å². The van der Waals surface area contributed by atoms with Crippen LogP contribution in [0.4, 0.5) is 23.2 Å². The van der Waals surface area contributed by atoms with Crippen LogP contribution in [0.15, 0.2) is 73.2 Å². The minimum Gasteiger partial charge on any atom is -0.420 e. The molecular formula is C33H28ClF4N5O5S. The summed E-state index contributed by atoms with van der Waals surface area (Å²) < 4.78 is 83.5. The number of alkyl halides is 3. The van der Waals surface area contributed by atoms with Gasteiger partial charge in [0.25, 0.3) is 0 Å². The quantitative estimate of drug-likeness (QED) is 0.122.